The molecule has 1 saturated heterocycles. The lowest BCUT2D eigenvalue weighted by Gasteiger charge is -2.30. The molecule has 1 aromatic heterocycles. The number of likely N-dealkylation sites (tertiary alicyclic amines) is 1. The predicted octanol–water partition coefficient (Wildman–Crippen LogP) is 3.85. The topological polar surface area (TPSA) is 81.9 Å². The van der Waals surface area contributed by atoms with Crippen LogP contribution in [0.15, 0.2) is 52.9 Å². The predicted molar refractivity (Wildman–Crippen MR) is 115 cm³/mol. The van der Waals surface area contributed by atoms with Crippen molar-refractivity contribution in [3.63, 3.8) is 0 Å². The molecule has 0 N–H and O–H groups in total. The summed E-state index contributed by atoms with van der Waals surface area (Å²) in [7, 11) is 0. The van der Waals surface area contributed by atoms with Gasteiger partial charge < -0.3 is 18.8 Å². The number of oxazole rings is 1. The summed E-state index contributed by atoms with van der Waals surface area (Å²) in [5, 5.41) is 0. The van der Waals surface area contributed by atoms with E-state index in [0.29, 0.717) is 18.8 Å². The fourth-order valence-corrected chi connectivity index (χ4v) is 3.70. The quantitative estimate of drug-likeness (QED) is 0.538. The van der Waals surface area contributed by atoms with Gasteiger partial charge in [-0.2, -0.15) is 0 Å². The number of aromatic nitrogens is 1. The smallest absolute Gasteiger partial charge is 0.309 e. The molecule has 1 aliphatic rings. The molecule has 1 aliphatic heterocycles. The third-order valence-corrected chi connectivity index (χ3v) is 5.43. The van der Waals surface area contributed by atoms with Crippen molar-refractivity contribution >= 4 is 23.0 Å². The third-order valence-electron chi connectivity index (χ3n) is 5.43. The average Bonchev–Trinajstić information content (AvgIpc) is 3.22. The zero-order chi connectivity index (χ0) is 21.6. The van der Waals surface area contributed by atoms with Crippen molar-refractivity contribution in [2.75, 3.05) is 26.3 Å². The summed E-state index contributed by atoms with van der Waals surface area (Å²) in [6.07, 6.45) is 1.65. The van der Waals surface area contributed by atoms with Crippen molar-refractivity contribution in [3.05, 3.63) is 60.0 Å². The summed E-state index contributed by atoms with van der Waals surface area (Å²) in [5.41, 5.74) is 2.73. The minimum absolute atomic E-state index is 0.0982. The number of carbonyl (C=O) groups is 2. The van der Waals surface area contributed by atoms with Gasteiger partial charge in [0.25, 0.3) is 5.91 Å². The summed E-state index contributed by atoms with van der Waals surface area (Å²) in [6, 6.07) is 15.3. The Balaban J connectivity index is 1.17. The highest BCUT2D eigenvalue weighted by molar-refractivity contribution is 5.80. The maximum Gasteiger partial charge on any atom is 0.309 e. The van der Waals surface area contributed by atoms with Crippen molar-refractivity contribution in [3.8, 4) is 5.75 Å². The molecular weight excluding hydrogens is 396 g/mol. The van der Waals surface area contributed by atoms with Gasteiger partial charge >= 0.3 is 5.97 Å². The zero-order valence-corrected chi connectivity index (χ0v) is 17.6. The highest BCUT2D eigenvalue weighted by Gasteiger charge is 2.27. The molecule has 0 saturated carbocycles. The first-order chi connectivity index (χ1) is 15.1. The Morgan fingerprint density at radius 2 is 1.94 bits per heavy atom. The van der Waals surface area contributed by atoms with E-state index >= 15 is 0 Å². The lowest BCUT2D eigenvalue weighted by atomic mass is 9.97. The van der Waals surface area contributed by atoms with Gasteiger partial charge in [-0.05, 0) is 49.6 Å². The van der Waals surface area contributed by atoms with Crippen LogP contribution >= 0.6 is 0 Å². The van der Waals surface area contributed by atoms with Gasteiger partial charge in [0.2, 0.25) is 0 Å². The van der Waals surface area contributed by atoms with Gasteiger partial charge in [0.05, 0.1) is 13.0 Å². The normalized spacial score (nSPS) is 14.5. The Hall–Kier alpha value is -3.35. The first-order valence-electron chi connectivity index (χ1n) is 10.6. The fourth-order valence-electron chi connectivity index (χ4n) is 3.70. The number of fused-ring (bicyclic) bond motifs is 1. The van der Waals surface area contributed by atoms with E-state index in [2.05, 4.69) is 4.98 Å². The maximum atomic E-state index is 12.4. The van der Waals surface area contributed by atoms with Crippen LogP contribution in [0.2, 0.25) is 0 Å². The first-order valence-corrected chi connectivity index (χ1v) is 10.6. The second-order valence-electron chi connectivity index (χ2n) is 7.75. The number of esters is 1. The summed E-state index contributed by atoms with van der Waals surface area (Å²) < 4.78 is 16.5. The number of hydrogen-bond donors (Lipinski definition) is 0. The van der Waals surface area contributed by atoms with Gasteiger partial charge in [-0.3, -0.25) is 9.59 Å². The zero-order valence-electron chi connectivity index (χ0n) is 17.6. The lowest BCUT2D eigenvalue weighted by molar-refractivity contribution is -0.152. The Kier molecular flexibility index (Phi) is 6.50. The molecule has 2 heterocycles. The number of hydrogen-bond acceptors (Lipinski definition) is 6. The molecule has 3 aromatic rings. The van der Waals surface area contributed by atoms with E-state index in [4.69, 9.17) is 13.9 Å². The van der Waals surface area contributed by atoms with Crippen molar-refractivity contribution in [1.29, 1.82) is 0 Å². The summed E-state index contributed by atoms with van der Waals surface area (Å²) in [6.45, 7) is 3.14. The molecule has 1 amide bonds. The largest absolute Gasteiger partial charge is 0.493 e. The number of piperidine rings is 1. The third kappa shape index (κ3) is 5.42. The highest BCUT2D eigenvalue weighted by Crippen LogP contribution is 2.29. The SMILES string of the molecule is Cc1cccc(OCCC(=O)OCC(=O)N2CCC(c3nc4ccccc4o3)CC2)c1. The van der Waals surface area contributed by atoms with E-state index in [1.807, 2.05) is 55.5 Å². The van der Waals surface area contributed by atoms with E-state index in [1.165, 1.54) is 0 Å². The van der Waals surface area contributed by atoms with Crippen LogP contribution in [-0.2, 0) is 14.3 Å². The van der Waals surface area contributed by atoms with E-state index < -0.39 is 5.97 Å². The van der Waals surface area contributed by atoms with E-state index in [0.717, 1.165) is 35.4 Å². The molecule has 4 rings (SSSR count). The number of amides is 1. The lowest BCUT2D eigenvalue weighted by Crippen LogP contribution is -2.40. The van der Waals surface area contributed by atoms with E-state index in [1.54, 1.807) is 4.90 Å². The molecule has 162 valence electrons. The van der Waals surface area contributed by atoms with Crippen LogP contribution in [0.1, 0.15) is 36.6 Å². The molecule has 7 heteroatoms. The van der Waals surface area contributed by atoms with E-state index in [9.17, 15) is 9.59 Å². The van der Waals surface area contributed by atoms with Crippen molar-refractivity contribution in [1.82, 2.24) is 9.88 Å². The average molecular weight is 422 g/mol. The maximum absolute atomic E-state index is 12.4. The summed E-state index contributed by atoms with van der Waals surface area (Å²) >= 11 is 0. The number of carbonyl (C=O) groups excluding carboxylic acids is 2. The number of aryl methyl sites for hydroxylation is 1. The Labute approximate surface area is 181 Å². The number of benzene rings is 2. The van der Waals surface area contributed by atoms with Crippen LogP contribution in [0.3, 0.4) is 0 Å². The van der Waals surface area contributed by atoms with Gasteiger partial charge in [-0.15, -0.1) is 0 Å². The van der Waals surface area contributed by atoms with Gasteiger partial charge in [0.15, 0.2) is 18.1 Å². The molecule has 0 spiro atoms. The number of rotatable bonds is 7. The van der Waals surface area contributed by atoms with Crippen molar-refractivity contribution < 1.29 is 23.5 Å². The Bertz CT molecular complexity index is 1020. The van der Waals surface area contributed by atoms with Gasteiger partial charge in [-0.25, -0.2) is 4.98 Å². The molecule has 0 unspecified atom stereocenters. The minimum atomic E-state index is -0.442. The van der Waals surface area contributed by atoms with Crippen molar-refractivity contribution in [2.45, 2.75) is 32.1 Å². The van der Waals surface area contributed by atoms with Crippen LogP contribution in [0.25, 0.3) is 11.1 Å². The minimum Gasteiger partial charge on any atom is -0.493 e. The van der Waals surface area contributed by atoms with Crippen LogP contribution in [0.4, 0.5) is 0 Å². The number of ether oxygens (including phenoxy) is 2. The molecule has 0 atom stereocenters. The van der Waals surface area contributed by atoms with Crippen molar-refractivity contribution in [2.24, 2.45) is 0 Å². The molecule has 2 aromatic carbocycles. The number of nitrogens with zero attached hydrogens (tertiary/aromatic N) is 2. The standard InChI is InChI=1S/C24H26N2O5/c1-17-5-4-6-19(15-17)29-14-11-23(28)30-16-22(27)26-12-9-18(10-13-26)24-25-20-7-2-3-8-21(20)31-24/h2-8,15,18H,9-14,16H2,1H3. The van der Waals surface area contributed by atoms with Gasteiger partial charge in [0.1, 0.15) is 11.3 Å². The molecule has 31 heavy (non-hydrogen) atoms. The van der Waals surface area contributed by atoms with Crippen LogP contribution in [-0.4, -0.2) is 48.1 Å². The van der Waals surface area contributed by atoms with Gasteiger partial charge in [-0.1, -0.05) is 24.3 Å². The summed E-state index contributed by atoms with van der Waals surface area (Å²) in [5.74, 6) is 1.02. The number of para-hydroxylation sites is 2. The Morgan fingerprint density at radius 1 is 1.13 bits per heavy atom. The second-order valence-corrected chi connectivity index (χ2v) is 7.75. The summed E-state index contributed by atoms with van der Waals surface area (Å²) in [4.78, 5) is 30.6. The molecule has 0 bridgehead atoms. The van der Waals surface area contributed by atoms with Crippen LogP contribution in [0, 0.1) is 6.92 Å². The molecular formula is C24H26N2O5. The Morgan fingerprint density at radius 3 is 2.71 bits per heavy atom. The van der Waals surface area contributed by atoms with Crippen LogP contribution in [0.5, 0.6) is 5.75 Å². The first kappa shape index (κ1) is 20.9. The van der Waals surface area contributed by atoms with Gasteiger partial charge in [0, 0.05) is 19.0 Å². The molecule has 0 aliphatic carbocycles. The fraction of sp³-hybridized carbons (Fsp3) is 0.375. The molecule has 7 nitrogen and oxygen atoms in total. The monoisotopic (exact) mass is 422 g/mol. The highest BCUT2D eigenvalue weighted by atomic mass is 16.5. The van der Waals surface area contributed by atoms with Crippen LogP contribution < -0.4 is 4.74 Å². The second kappa shape index (κ2) is 9.64. The molecule has 1 fully saturated rings. The van der Waals surface area contributed by atoms with E-state index in [-0.39, 0.29) is 31.5 Å². The molecule has 0 radical (unpaired) electrons.